The van der Waals surface area contributed by atoms with E-state index in [4.69, 9.17) is 4.74 Å². The lowest BCUT2D eigenvalue weighted by molar-refractivity contribution is -0.117. The maximum absolute atomic E-state index is 12.6. The Bertz CT molecular complexity index is 578. The number of benzene rings is 2. The van der Waals surface area contributed by atoms with Gasteiger partial charge in [-0.15, -0.1) is 0 Å². The Kier molecular flexibility index (Phi) is 6.01. The van der Waals surface area contributed by atoms with E-state index in [-0.39, 0.29) is 11.8 Å². The normalized spacial score (nSPS) is 11.7. The van der Waals surface area contributed by atoms with Crippen LogP contribution in [0.15, 0.2) is 54.6 Å². The highest BCUT2D eigenvalue weighted by molar-refractivity contribution is 5.95. The smallest absolute Gasteiger partial charge is 0.231 e. The van der Waals surface area contributed by atoms with Crippen molar-refractivity contribution in [1.29, 1.82) is 0 Å². The average molecular weight is 297 g/mol. The highest BCUT2D eigenvalue weighted by atomic mass is 16.5. The van der Waals surface area contributed by atoms with Gasteiger partial charge in [-0.3, -0.25) is 4.79 Å². The van der Waals surface area contributed by atoms with Crippen molar-refractivity contribution >= 4 is 11.6 Å². The first-order valence-corrected chi connectivity index (χ1v) is 7.83. The molecule has 1 N–H and O–H groups in total. The first-order valence-electron chi connectivity index (χ1n) is 7.83. The molecule has 0 aliphatic rings. The standard InChI is InChI=1S/C19H23NO2/c1-3-8-18(15-9-6-5-7-10-15)19(21)20-16-11-13-17(14-12-16)22-4-2/h5-7,9-14,18H,3-4,8H2,1-2H3,(H,20,21). The molecule has 1 atom stereocenters. The molecule has 1 amide bonds. The molecular formula is C19H23NO2. The van der Waals surface area contributed by atoms with Crippen LogP contribution in [0.4, 0.5) is 5.69 Å². The minimum atomic E-state index is -0.113. The first kappa shape index (κ1) is 16.1. The first-order chi connectivity index (χ1) is 10.7. The fraction of sp³-hybridized carbons (Fsp3) is 0.316. The van der Waals surface area contributed by atoms with E-state index in [9.17, 15) is 4.79 Å². The summed E-state index contributed by atoms with van der Waals surface area (Å²) >= 11 is 0. The molecule has 0 bridgehead atoms. The van der Waals surface area contributed by atoms with E-state index in [1.807, 2.05) is 61.5 Å². The summed E-state index contributed by atoms with van der Waals surface area (Å²) in [5.74, 6) is 0.739. The van der Waals surface area contributed by atoms with Gasteiger partial charge in [-0.2, -0.15) is 0 Å². The molecule has 0 aliphatic carbocycles. The molecule has 0 saturated heterocycles. The Morgan fingerprint density at radius 1 is 1.05 bits per heavy atom. The molecule has 0 aromatic heterocycles. The molecule has 0 saturated carbocycles. The Balaban J connectivity index is 2.08. The number of ether oxygens (including phenoxy) is 1. The molecule has 22 heavy (non-hydrogen) atoms. The van der Waals surface area contributed by atoms with Crippen LogP contribution in [0, 0.1) is 0 Å². The Labute approximate surface area is 132 Å². The minimum Gasteiger partial charge on any atom is -0.494 e. The van der Waals surface area contributed by atoms with Gasteiger partial charge in [-0.05, 0) is 43.2 Å². The van der Waals surface area contributed by atoms with Crippen molar-refractivity contribution in [2.24, 2.45) is 0 Å². The number of carbonyl (C=O) groups is 1. The van der Waals surface area contributed by atoms with E-state index < -0.39 is 0 Å². The van der Waals surface area contributed by atoms with Crippen LogP contribution >= 0.6 is 0 Å². The number of carbonyl (C=O) groups excluding carboxylic acids is 1. The third-order valence-electron chi connectivity index (χ3n) is 3.53. The van der Waals surface area contributed by atoms with E-state index in [1.165, 1.54) is 0 Å². The van der Waals surface area contributed by atoms with E-state index in [0.29, 0.717) is 6.61 Å². The molecule has 116 valence electrons. The third kappa shape index (κ3) is 4.35. The minimum absolute atomic E-state index is 0.0391. The molecule has 2 aromatic rings. The van der Waals surface area contributed by atoms with Gasteiger partial charge in [0.15, 0.2) is 0 Å². The molecule has 0 spiro atoms. The summed E-state index contributed by atoms with van der Waals surface area (Å²) in [6, 6.07) is 17.4. The van der Waals surface area contributed by atoms with Gasteiger partial charge in [0.25, 0.3) is 0 Å². The van der Waals surface area contributed by atoms with E-state index in [2.05, 4.69) is 12.2 Å². The lowest BCUT2D eigenvalue weighted by Gasteiger charge is -2.16. The second-order valence-electron chi connectivity index (χ2n) is 5.20. The molecule has 3 nitrogen and oxygen atoms in total. The van der Waals surface area contributed by atoms with Gasteiger partial charge in [-0.1, -0.05) is 43.7 Å². The number of amides is 1. The van der Waals surface area contributed by atoms with Crippen LogP contribution in [0.25, 0.3) is 0 Å². The number of nitrogens with one attached hydrogen (secondary N) is 1. The van der Waals surface area contributed by atoms with Crippen molar-refractivity contribution in [3.63, 3.8) is 0 Å². The van der Waals surface area contributed by atoms with Crippen LogP contribution in [0.1, 0.15) is 38.2 Å². The molecule has 2 aromatic carbocycles. The van der Waals surface area contributed by atoms with Crippen molar-refractivity contribution < 1.29 is 9.53 Å². The van der Waals surface area contributed by atoms with E-state index in [0.717, 1.165) is 29.8 Å². The summed E-state index contributed by atoms with van der Waals surface area (Å²) in [7, 11) is 0. The van der Waals surface area contributed by atoms with Crippen LogP contribution in [0.3, 0.4) is 0 Å². The third-order valence-corrected chi connectivity index (χ3v) is 3.53. The van der Waals surface area contributed by atoms with Crippen LogP contribution in [-0.2, 0) is 4.79 Å². The molecule has 0 fully saturated rings. The van der Waals surface area contributed by atoms with Crippen molar-refractivity contribution in [2.45, 2.75) is 32.6 Å². The van der Waals surface area contributed by atoms with Crippen LogP contribution in [0.5, 0.6) is 5.75 Å². The lowest BCUT2D eigenvalue weighted by Crippen LogP contribution is -2.21. The SMILES string of the molecule is CCCC(C(=O)Nc1ccc(OCC)cc1)c1ccccc1. The molecule has 0 radical (unpaired) electrons. The molecular weight excluding hydrogens is 274 g/mol. The zero-order valence-corrected chi connectivity index (χ0v) is 13.2. The van der Waals surface area contributed by atoms with Gasteiger partial charge in [0, 0.05) is 5.69 Å². The van der Waals surface area contributed by atoms with Crippen LogP contribution in [-0.4, -0.2) is 12.5 Å². The molecule has 1 unspecified atom stereocenters. The van der Waals surface area contributed by atoms with Gasteiger partial charge in [0.2, 0.25) is 5.91 Å². The maximum Gasteiger partial charge on any atom is 0.231 e. The van der Waals surface area contributed by atoms with Crippen molar-refractivity contribution in [3.05, 3.63) is 60.2 Å². The van der Waals surface area contributed by atoms with Crippen LogP contribution < -0.4 is 10.1 Å². The van der Waals surface area contributed by atoms with Gasteiger partial charge in [0.05, 0.1) is 12.5 Å². The predicted molar refractivity (Wildman–Crippen MR) is 90.3 cm³/mol. The second kappa shape index (κ2) is 8.23. The monoisotopic (exact) mass is 297 g/mol. The summed E-state index contributed by atoms with van der Waals surface area (Å²) in [4.78, 5) is 12.6. The van der Waals surface area contributed by atoms with Crippen molar-refractivity contribution in [3.8, 4) is 5.75 Å². The summed E-state index contributed by atoms with van der Waals surface area (Å²) in [6.07, 6.45) is 1.81. The zero-order valence-electron chi connectivity index (χ0n) is 13.2. The average Bonchev–Trinajstić information content (AvgIpc) is 2.55. The number of rotatable bonds is 7. The zero-order chi connectivity index (χ0) is 15.8. The van der Waals surface area contributed by atoms with Crippen molar-refractivity contribution in [2.75, 3.05) is 11.9 Å². The van der Waals surface area contributed by atoms with E-state index in [1.54, 1.807) is 0 Å². The summed E-state index contributed by atoms with van der Waals surface area (Å²) in [6.45, 7) is 4.68. The van der Waals surface area contributed by atoms with Gasteiger partial charge in [-0.25, -0.2) is 0 Å². The highest BCUT2D eigenvalue weighted by Gasteiger charge is 2.19. The highest BCUT2D eigenvalue weighted by Crippen LogP contribution is 2.24. The number of hydrogen-bond donors (Lipinski definition) is 1. The fourth-order valence-electron chi connectivity index (χ4n) is 2.45. The van der Waals surface area contributed by atoms with Gasteiger partial charge in [0.1, 0.15) is 5.75 Å². The lowest BCUT2D eigenvalue weighted by atomic mass is 9.93. The summed E-state index contributed by atoms with van der Waals surface area (Å²) < 4.78 is 5.41. The second-order valence-corrected chi connectivity index (χ2v) is 5.20. The van der Waals surface area contributed by atoms with E-state index >= 15 is 0 Å². The Hall–Kier alpha value is -2.29. The molecule has 2 rings (SSSR count). The largest absolute Gasteiger partial charge is 0.494 e. The fourth-order valence-corrected chi connectivity index (χ4v) is 2.45. The molecule has 0 aliphatic heterocycles. The van der Waals surface area contributed by atoms with Crippen molar-refractivity contribution in [1.82, 2.24) is 0 Å². The predicted octanol–water partition coefficient (Wildman–Crippen LogP) is 4.61. The van der Waals surface area contributed by atoms with Gasteiger partial charge >= 0.3 is 0 Å². The quantitative estimate of drug-likeness (QED) is 0.810. The summed E-state index contributed by atoms with van der Waals surface area (Å²) in [5.41, 5.74) is 1.86. The maximum atomic E-state index is 12.6. The Morgan fingerprint density at radius 3 is 2.32 bits per heavy atom. The topological polar surface area (TPSA) is 38.3 Å². The molecule has 0 heterocycles. The number of anilines is 1. The number of hydrogen-bond acceptors (Lipinski definition) is 2. The van der Waals surface area contributed by atoms with Gasteiger partial charge < -0.3 is 10.1 Å². The Morgan fingerprint density at radius 2 is 1.73 bits per heavy atom. The van der Waals surface area contributed by atoms with Crippen LogP contribution in [0.2, 0.25) is 0 Å². The molecule has 3 heteroatoms. The summed E-state index contributed by atoms with van der Waals surface area (Å²) in [5, 5.41) is 3.00.